The molecule has 1 saturated heterocycles. The standard InChI is InChI=1S/C25H32N6O.ClH/c1-32-23-14-8-7-13-22(23)24(30-17-15-29(16-18-30)21-11-5-6-12-21)25-26-27-28-31(25)19-20-9-3-2-4-10-20;/h2-4,7-10,13-14,21,24H,5-6,11-12,15-19H2,1H3;1H/p-1. The van der Waals surface area contributed by atoms with Crippen molar-refractivity contribution in [2.75, 3.05) is 33.3 Å². The molecule has 1 unspecified atom stereocenters. The molecule has 1 aliphatic heterocycles. The second-order valence-electron chi connectivity index (χ2n) is 8.84. The van der Waals surface area contributed by atoms with Crippen LogP contribution in [-0.4, -0.2) is 69.3 Å². The van der Waals surface area contributed by atoms with E-state index < -0.39 is 0 Å². The van der Waals surface area contributed by atoms with Gasteiger partial charge in [-0.25, -0.2) is 4.68 Å². The topological polar surface area (TPSA) is 59.3 Å². The smallest absolute Gasteiger partial charge is 0.173 e. The number of aromatic nitrogens is 4. The molecule has 176 valence electrons. The number of methoxy groups -OCH3 is 1. The summed E-state index contributed by atoms with van der Waals surface area (Å²) in [5.74, 6) is 1.75. The summed E-state index contributed by atoms with van der Waals surface area (Å²) in [4.78, 5) is 5.21. The molecule has 8 heteroatoms. The molecule has 2 heterocycles. The van der Waals surface area contributed by atoms with Crippen molar-refractivity contribution in [1.82, 2.24) is 30.0 Å². The Labute approximate surface area is 202 Å². The van der Waals surface area contributed by atoms with Crippen molar-refractivity contribution >= 4 is 0 Å². The third-order valence-electron chi connectivity index (χ3n) is 6.97. The highest BCUT2D eigenvalue weighted by Gasteiger charge is 2.34. The number of rotatable bonds is 7. The van der Waals surface area contributed by atoms with Crippen LogP contribution in [0.1, 0.15) is 48.7 Å². The number of halogens is 1. The first kappa shape index (κ1) is 23.7. The molecule has 7 nitrogen and oxygen atoms in total. The summed E-state index contributed by atoms with van der Waals surface area (Å²) in [6.45, 7) is 4.83. The SMILES string of the molecule is COc1ccccc1C(c1nnnn1Cc1ccccc1)N1CCN(C2CCCC2)CC1.[Cl-]. The Balaban J connectivity index is 0.00000259. The summed E-state index contributed by atoms with van der Waals surface area (Å²) >= 11 is 0. The maximum Gasteiger partial charge on any atom is 0.173 e. The highest BCUT2D eigenvalue weighted by molar-refractivity contribution is 5.39. The third-order valence-corrected chi connectivity index (χ3v) is 6.97. The van der Waals surface area contributed by atoms with E-state index in [-0.39, 0.29) is 18.4 Å². The van der Waals surface area contributed by atoms with E-state index in [0.29, 0.717) is 6.54 Å². The van der Waals surface area contributed by atoms with Crippen molar-refractivity contribution in [3.8, 4) is 5.75 Å². The normalized spacial score (nSPS) is 18.7. The van der Waals surface area contributed by atoms with Crippen LogP contribution < -0.4 is 17.1 Å². The lowest BCUT2D eigenvalue weighted by molar-refractivity contribution is -0.00000701. The van der Waals surface area contributed by atoms with Crippen LogP contribution in [0.5, 0.6) is 5.75 Å². The largest absolute Gasteiger partial charge is 1.00 e. The monoisotopic (exact) mass is 467 g/mol. The average Bonchev–Trinajstić information content (AvgIpc) is 3.54. The number of ether oxygens (including phenoxy) is 1. The first-order valence-electron chi connectivity index (χ1n) is 11.7. The maximum absolute atomic E-state index is 5.76. The Hall–Kier alpha value is -2.48. The van der Waals surface area contributed by atoms with Crippen LogP contribution in [0.3, 0.4) is 0 Å². The molecule has 1 saturated carbocycles. The van der Waals surface area contributed by atoms with Crippen molar-refractivity contribution < 1.29 is 17.1 Å². The van der Waals surface area contributed by atoms with Gasteiger partial charge in [-0.1, -0.05) is 61.4 Å². The second-order valence-corrected chi connectivity index (χ2v) is 8.84. The van der Waals surface area contributed by atoms with E-state index in [1.54, 1.807) is 7.11 Å². The van der Waals surface area contributed by atoms with E-state index >= 15 is 0 Å². The molecule has 2 fully saturated rings. The summed E-state index contributed by atoms with van der Waals surface area (Å²) in [7, 11) is 1.74. The lowest BCUT2D eigenvalue weighted by atomic mass is 10.0. The molecule has 33 heavy (non-hydrogen) atoms. The molecular formula is C25H32ClN6O-. The van der Waals surface area contributed by atoms with Crippen LogP contribution >= 0.6 is 0 Å². The number of hydrogen-bond donors (Lipinski definition) is 0. The van der Waals surface area contributed by atoms with E-state index in [9.17, 15) is 0 Å². The van der Waals surface area contributed by atoms with Gasteiger partial charge in [0.1, 0.15) is 11.8 Å². The van der Waals surface area contributed by atoms with E-state index in [0.717, 1.165) is 49.4 Å². The lowest BCUT2D eigenvalue weighted by Gasteiger charge is -2.41. The molecule has 1 atom stereocenters. The predicted octanol–water partition coefficient (Wildman–Crippen LogP) is 0.384. The minimum atomic E-state index is -0.0457. The van der Waals surface area contributed by atoms with Crippen molar-refractivity contribution in [2.24, 2.45) is 0 Å². The van der Waals surface area contributed by atoms with Crippen molar-refractivity contribution in [3.63, 3.8) is 0 Å². The lowest BCUT2D eigenvalue weighted by Crippen LogP contribution is -3.00. The van der Waals surface area contributed by atoms with E-state index in [1.807, 2.05) is 22.9 Å². The first-order chi connectivity index (χ1) is 15.8. The van der Waals surface area contributed by atoms with Crippen molar-refractivity contribution in [2.45, 2.75) is 44.3 Å². The van der Waals surface area contributed by atoms with Gasteiger partial charge < -0.3 is 17.1 Å². The van der Waals surface area contributed by atoms with Gasteiger partial charge in [0.2, 0.25) is 0 Å². The fourth-order valence-corrected chi connectivity index (χ4v) is 5.30. The first-order valence-corrected chi connectivity index (χ1v) is 11.7. The van der Waals surface area contributed by atoms with Crippen LogP contribution in [0.2, 0.25) is 0 Å². The van der Waals surface area contributed by atoms with Crippen molar-refractivity contribution in [3.05, 3.63) is 71.5 Å². The van der Waals surface area contributed by atoms with Gasteiger partial charge in [-0.05, 0) is 34.9 Å². The molecule has 0 amide bonds. The number of nitrogens with zero attached hydrogens (tertiary/aromatic N) is 6. The molecule has 0 spiro atoms. The molecule has 2 aliphatic rings. The Bertz CT molecular complexity index is 999. The molecule has 3 aromatic rings. The number of piperazine rings is 1. The minimum absolute atomic E-state index is 0. The molecule has 1 aliphatic carbocycles. The fourth-order valence-electron chi connectivity index (χ4n) is 5.30. The fraction of sp³-hybridized carbons (Fsp3) is 0.480. The summed E-state index contributed by atoms with van der Waals surface area (Å²) in [5, 5.41) is 13.0. The van der Waals surface area contributed by atoms with Gasteiger partial charge in [0.25, 0.3) is 0 Å². The summed E-state index contributed by atoms with van der Waals surface area (Å²) in [6.07, 6.45) is 5.46. The molecule has 0 N–H and O–H groups in total. The Morgan fingerprint density at radius 2 is 1.64 bits per heavy atom. The highest BCUT2D eigenvalue weighted by Crippen LogP contribution is 2.35. The molecule has 2 aromatic carbocycles. The van der Waals surface area contributed by atoms with Gasteiger partial charge in [0.15, 0.2) is 5.82 Å². The Morgan fingerprint density at radius 1 is 0.939 bits per heavy atom. The van der Waals surface area contributed by atoms with E-state index in [4.69, 9.17) is 4.74 Å². The van der Waals surface area contributed by atoms with Gasteiger partial charge in [0, 0.05) is 37.8 Å². The summed E-state index contributed by atoms with van der Waals surface area (Å²) < 4.78 is 7.70. The molecular weight excluding hydrogens is 436 g/mol. The molecule has 0 bridgehead atoms. The third kappa shape index (κ3) is 5.21. The van der Waals surface area contributed by atoms with Gasteiger partial charge in [0.05, 0.1) is 13.7 Å². The molecule has 0 radical (unpaired) electrons. The van der Waals surface area contributed by atoms with E-state index in [2.05, 4.69) is 61.7 Å². The van der Waals surface area contributed by atoms with Gasteiger partial charge in [-0.3, -0.25) is 9.80 Å². The average molecular weight is 468 g/mol. The summed E-state index contributed by atoms with van der Waals surface area (Å²) in [5.41, 5.74) is 2.30. The van der Waals surface area contributed by atoms with Crippen LogP contribution in [-0.2, 0) is 6.54 Å². The van der Waals surface area contributed by atoms with Gasteiger partial charge >= 0.3 is 0 Å². The summed E-state index contributed by atoms with van der Waals surface area (Å²) in [6, 6.07) is 19.4. The highest BCUT2D eigenvalue weighted by atomic mass is 35.5. The van der Waals surface area contributed by atoms with Crippen LogP contribution in [0.4, 0.5) is 0 Å². The Morgan fingerprint density at radius 3 is 2.36 bits per heavy atom. The van der Waals surface area contributed by atoms with E-state index in [1.165, 1.54) is 31.2 Å². The minimum Gasteiger partial charge on any atom is -1.00 e. The number of para-hydroxylation sites is 1. The number of hydrogen-bond acceptors (Lipinski definition) is 6. The number of benzene rings is 2. The quantitative estimate of drug-likeness (QED) is 0.501. The molecule has 1 aromatic heterocycles. The Kier molecular flexibility index (Phi) is 7.96. The maximum atomic E-state index is 5.76. The second kappa shape index (κ2) is 11.1. The zero-order valence-electron chi connectivity index (χ0n) is 19.2. The van der Waals surface area contributed by atoms with Crippen LogP contribution in [0.15, 0.2) is 54.6 Å². The van der Waals surface area contributed by atoms with Crippen LogP contribution in [0.25, 0.3) is 0 Å². The van der Waals surface area contributed by atoms with Crippen molar-refractivity contribution in [1.29, 1.82) is 0 Å². The molecule has 5 rings (SSSR count). The van der Waals surface area contributed by atoms with Gasteiger partial charge in [-0.2, -0.15) is 0 Å². The van der Waals surface area contributed by atoms with Crippen LogP contribution in [0, 0.1) is 0 Å². The zero-order chi connectivity index (χ0) is 21.8. The predicted molar refractivity (Wildman–Crippen MR) is 124 cm³/mol. The van der Waals surface area contributed by atoms with Gasteiger partial charge in [-0.15, -0.1) is 5.10 Å². The zero-order valence-corrected chi connectivity index (χ0v) is 19.9. The number of tetrazole rings is 1.